The fraction of sp³-hybridized carbons (Fsp3) is 0.417. The van der Waals surface area contributed by atoms with E-state index in [-0.39, 0.29) is 29.6 Å². The summed E-state index contributed by atoms with van der Waals surface area (Å²) in [5, 5.41) is 11.1. The highest BCUT2D eigenvalue weighted by molar-refractivity contribution is 7.89. The molecule has 2 heterocycles. The Morgan fingerprint density at radius 2 is 2.24 bits per heavy atom. The Kier molecular flexibility index (Phi) is 4.24. The molecule has 1 aliphatic rings. The van der Waals surface area contributed by atoms with Gasteiger partial charge in [-0.15, -0.1) is 0 Å². The topological polar surface area (TPSA) is 117 Å². The predicted octanol–water partition coefficient (Wildman–Crippen LogP) is -0.321. The molecule has 1 aliphatic heterocycles. The molecule has 1 fully saturated rings. The zero-order valence-electron chi connectivity index (χ0n) is 11.3. The quantitative estimate of drug-likeness (QED) is 0.787. The van der Waals surface area contributed by atoms with Crippen LogP contribution in [0.4, 0.5) is 0 Å². The third kappa shape index (κ3) is 2.88. The van der Waals surface area contributed by atoms with E-state index in [1.54, 1.807) is 6.92 Å². The number of carbonyl (C=O) groups excluding carboxylic acids is 1. The fourth-order valence-electron chi connectivity index (χ4n) is 2.15. The summed E-state index contributed by atoms with van der Waals surface area (Å²) in [7, 11) is -3.93. The molecule has 1 aromatic heterocycles. The van der Waals surface area contributed by atoms with Crippen LogP contribution in [0.3, 0.4) is 0 Å². The van der Waals surface area contributed by atoms with Crippen molar-refractivity contribution < 1.29 is 23.1 Å². The van der Waals surface area contributed by atoms with E-state index in [0.29, 0.717) is 6.42 Å². The average molecular weight is 313 g/mol. The first kappa shape index (κ1) is 15.4. The van der Waals surface area contributed by atoms with E-state index in [2.05, 4.69) is 10.3 Å². The molecule has 0 radical (unpaired) electrons. The van der Waals surface area contributed by atoms with E-state index in [0.717, 1.165) is 16.6 Å². The van der Waals surface area contributed by atoms with E-state index in [9.17, 15) is 18.0 Å². The summed E-state index contributed by atoms with van der Waals surface area (Å²) in [6.45, 7) is 2.12. The number of aromatic carboxylic acids is 1. The molecule has 1 saturated heterocycles. The molecule has 0 spiro atoms. The Hall–Kier alpha value is -2.00. The molecule has 1 unspecified atom stereocenters. The zero-order chi connectivity index (χ0) is 15.6. The number of carboxylic acid groups (broad SMARTS) is 1. The summed E-state index contributed by atoms with van der Waals surface area (Å²) in [5.74, 6) is -1.52. The SMILES string of the molecule is CCC1C(=O)NCCN1S(=O)(=O)c1ccc(C(=O)O)cn1. The minimum atomic E-state index is -3.93. The second-order valence-corrected chi connectivity index (χ2v) is 6.36. The Morgan fingerprint density at radius 3 is 2.76 bits per heavy atom. The lowest BCUT2D eigenvalue weighted by Gasteiger charge is -2.33. The standard InChI is InChI=1S/C12H15N3O5S/c1-2-9-11(16)13-5-6-15(9)21(19,20)10-4-3-8(7-14-10)12(17)18/h3-4,7,9H,2,5-6H2,1H3,(H,13,16)(H,17,18). The van der Waals surface area contributed by atoms with Gasteiger partial charge in [-0.2, -0.15) is 4.31 Å². The van der Waals surface area contributed by atoms with E-state index >= 15 is 0 Å². The van der Waals surface area contributed by atoms with Gasteiger partial charge in [0.05, 0.1) is 5.56 Å². The van der Waals surface area contributed by atoms with Crippen molar-refractivity contribution in [1.82, 2.24) is 14.6 Å². The van der Waals surface area contributed by atoms with E-state index in [1.807, 2.05) is 0 Å². The van der Waals surface area contributed by atoms with Crippen LogP contribution in [-0.4, -0.2) is 53.8 Å². The lowest BCUT2D eigenvalue weighted by molar-refractivity contribution is -0.126. The number of piperazine rings is 1. The normalized spacial score (nSPS) is 20.0. The van der Waals surface area contributed by atoms with Crippen molar-refractivity contribution >= 4 is 21.9 Å². The number of aromatic nitrogens is 1. The van der Waals surface area contributed by atoms with Crippen molar-refractivity contribution in [3.05, 3.63) is 23.9 Å². The highest BCUT2D eigenvalue weighted by Crippen LogP contribution is 2.20. The number of hydrogen-bond acceptors (Lipinski definition) is 5. The second kappa shape index (κ2) is 5.78. The van der Waals surface area contributed by atoms with Crippen molar-refractivity contribution in [3.63, 3.8) is 0 Å². The summed E-state index contributed by atoms with van der Waals surface area (Å²) in [6.07, 6.45) is 1.33. The average Bonchev–Trinajstić information content (AvgIpc) is 2.47. The number of nitrogens with one attached hydrogen (secondary N) is 1. The highest BCUT2D eigenvalue weighted by Gasteiger charge is 2.37. The van der Waals surface area contributed by atoms with Gasteiger partial charge in [0, 0.05) is 19.3 Å². The van der Waals surface area contributed by atoms with Gasteiger partial charge in [-0.1, -0.05) is 6.92 Å². The molecular formula is C12H15N3O5S. The summed E-state index contributed by atoms with van der Waals surface area (Å²) in [5.41, 5.74) is -0.0996. The van der Waals surface area contributed by atoms with E-state index in [4.69, 9.17) is 5.11 Å². The van der Waals surface area contributed by atoms with Gasteiger partial charge < -0.3 is 10.4 Å². The summed E-state index contributed by atoms with van der Waals surface area (Å²) < 4.78 is 26.1. The molecule has 0 saturated carbocycles. The number of amides is 1. The molecule has 9 heteroatoms. The predicted molar refractivity (Wildman–Crippen MR) is 72.2 cm³/mol. The van der Waals surface area contributed by atoms with E-state index in [1.165, 1.54) is 6.07 Å². The highest BCUT2D eigenvalue weighted by atomic mass is 32.2. The first-order valence-electron chi connectivity index (χ1n) is 6.37. The molecule has 114 valence electrons. The number of hydrogen-bond donors (Lipinski definition) is 2. The van der Waals surface area contributed by atoms with Gasteiger partial charge in [-0.05, 0) is 18.6 Å². The van der Waals surface area contributed by atoms with Crippen molar-refractivity contribution in [3.8, 4) is 0 Å². The van der Waals surface area contributed by atoms with Crippen LogP contribution in [0.2, 0.25) is 0 Å². The molecule has 0 aliphatic carbocycles. The van der Waals surface area contributed by atoms with Crippen molar-refractivity contribution in [2.75, 3.05) is 13.1 Å². The number of carboxylic acids is 1. The van der Waals surface area contributed by atoms with Gasteiger partial charge in [-0.25, -0.2) is 18.2 Å². The molecule has 2 rings (SSSR count). The van der Waals surface area contributed by atoms with Gasteiger partial charge in [0.25, 0.3) is 10.0 Å². The summed E-state index contributed by atoms with van der Waals surface area (Å²) >= 11 is 0. The molecule has 1 aromatic rings. The number of carbonyl (C=O) groups is 2. The minimum absolute atomic E-state index is 0.0996. The molecule has 0 aromatic carbocycles. The maximum absolute atomic E-state index is 12.5. The second-order valence-electron chi connectivity index (χ2n) is 4.52. The first-order chi connectivity index (χ1) is 9.87. The van der Waals surface area contributed by atoms with Crippen LogP contribution in [0.25, 0.3) is 0 Å². The summed E-state index contributed by atoms with van der Waals surface area (Å²) in [4.78, 5) is 26.2. The van der Waals surface area contributed by atoms with Crippen LogP contribution in [-0.2, 0) is 14.8 Å². The number of rotatable bonds is 4. The van der Waals surface area contributed by atoms with Gasteiger partial charge in [0.1, 0.15) is 6.04 Å². The van der Waals surface area contributed by atoms with Crippen LogP contribution < -0.4 is 5.32 Å². The first-order valence-corrected chi connectivity index (χ1v) is 7.81. The molecule has 1 amide bonds. The molecule has 2 N–H and O–H groups in total. The largest absolute Gasteiger partial charge is 0.478 e. The van der Waals surface area contributed by atoms with Crippen LogP contribution >= 0.6 is 0 Å². The van der Waals surface area contributed by atoms with E-state index < -0.39 is 22.0 Å². The monoisotopic (exact) mass is 313 g/mol. The maximum Gasteiger partial charge on any atom is 0.337 e. The van der Waals surface area contributed by atoms with Crippen LogP contribution in [0, 0.1) is 0 Å². The van der Waals surface area contributed by atoms with Gasteiger partial charge >= 0.3 is 5.97 Å². The maximum atomic E-state index is 12.5. The Labute approximate surface area is 121 Å². The summed E-state index contributed by atoms with van der Waals surface area (Å²) in [6, 6.07) is 1.54. The number of nitrogens with zero attached hydrogens (tertiary/aromatic N) is 2. The zero-order valence-corrected chi connectivity index (χ0v) is 12.1. The minimum Gasteiger partial charge on any atom is -0.478 e. The van der Waals surface area contributed by atoms with Gasteiger partial charge in [0.2, 0.25) is 5.91 Å². The van der Waals surface area contributed by atoms with Crippen molar-refractivity contribution in [2.45, 2.75) is 24.4 Å². The Balaban J connectivity index is 2.36. The third-order valence-electron chi connectivity index (χ3n) is 3.22. The van der Waals surface area contributed by atoms with Gasteiger partial charge in [-0.3, -0.25) is 4.79 Å². The lowest BCUT2D eigenvalue weighted by atomic mass is 10.2. The Bertz CT molecular complexity index is 656. The lowest BCUT2D eigenvalue weighted by Crippen LogP contribution is -2.56. The third-order valence-corrected chi connectivity index (χ3v) is 5.05. The number of sulfonamides is 1. The molecule has 8 nitrogen and oxygen atoms in total. The number of pyridine rings is 1. The van der Waals surface area contributed by atoms with Crippen LogP contribution in [0.15, 0.2) is 23.4 Å². The smallest absolute Gasteiger partial charge is 0.337 e. The van der Waals surface area contributed by atoms with Crippen molar-refractivity contribution in [2.24, 2.45) is 0 Å². The van der Waals surface area contributed by atoms with Crippen molar-refractivity contribution in [1.29, 1.82) is 0 Å². The molecule has 21 heavy (non-hydrogen) atoms. The molecule has 1 atom stereocenters. The van der Waals surface area contributed by atoms with Crippen LogP contribution in [0.1, 0.15) is 23.7 Å². The Morgan fingerprint density at radius 1 is 1.52 bits per heavy atom. The fourth-order valence-corrected chi connectivity index (χ4v) is 3.73. The van der Waals surface area contributed by atoms with Crippen LogP contribution in [0.5, 0.6) is 0 Å². The molecule has 0 bridgehead atoms. The van der Waals surface area contributed by atoms with Gasteiger partial charge in [0.15, 0.2) is 5.03 Å². The molecular weight excluding hydrogens is 298 g/mol.